The van der Waals surface area contributed by atoms with E-state index in [-0.39, 0.29) is 0 Å². The SMILES string of the molecule is CCCCCCCCCCCC[n+]1ccc(/C=C/c2c[nH]c3ccccc23)cc1. The summed E-state index contributed by atoms with van der Waals surface area (Å²) in [5.41, 5.74) is 3.67. The van der Waals surface area contributed by atoms with Gasteiger partial charge in [0.2, 0.25) is 0 Å². The summed E-state index contributed by atoms with van der Waals surface area (Å²) in [6.07, 6.45) is 24.8. The monoisotopic (exact) mass is 389 g/mol. The van der Waals surface area contributed by atoms with E-state index in [0.29, 0.717) is 0 Å². The summed E-state index contributed by atoms with van der Waals surface area (Å²) >= 11 is 0. The number of H-pyrrole nitrogens is 1. The number of aromatic amines is 1. The third kappa shape index (κ3) is 7.20. The number of aryl methyl sites for hydroxylation is 1. The highest BCUT2D eigenvalue weighted by Gasteiger charge is 2.02. The normalized spacial score (nSPS) is 11.6. The van der Waals surface area contributed by atoms with Crippen molar-refractivity contribution in [2.75, 3.05) is 0 Å². The Balaban J connectivity index is 1.34. The summed E-state index contributed by atoms with van der Waals surface area (Å²) in [6.45, 7) is 3.41. The predicted molar refractivity (Wildman–Crippen MR) is 126 cm³/mol. The van der Waals surface area contributed by atoms with Gasteiger partial charge in [-0.05, 0) is 23.6 Å². The molecule has 29 heavy (non-hydrogen) atoms. The Morgan fingerprint density at radius 2 is 1.41 bits per heavy atom. The number of para-hydroxylation sites is 1. The molecule has 0 saturated heterocycles. The Morgan fingerprint density at radius 1 is 0.759 bits per heavy atom. The van der Waals surface area contributed by atoms with Gasteiger partial charge < -0.3 is 4.98 Å². The van der Waals surface area contributed by atoms with Crippen LogP contribution < -0.4 is 4.57 Å². The van der Waals surface area contributed by atoms with Gasteiger partial charge in [-0.25, -0.2) is 4.57 Å². The molecular formula is C27H37N2+. The standard InChI is InChI=1S/C27H36N2/c1-2-3-4-5-6-7-8-9-10-13-20-29-21-18-24(19-22-29)16-17-25-23-28-27-15-12-11-14-26(25)27/h11-12,14-19,21-23H,2-10,13,20H2,1H3/p+1. The molecule has 0 aliphatic carbocycles. The Kier molecular flexibility index (Phi) is 9.03. The molecule has 0 aliphatic rings. The molecule has 0 unspecified atom stereocenters. The topological polar surface area (TPSA) is 19.7 Å². The first kappa shape index (κ1) is 21.4. The predicted octanol–water partition coefficient (Wildman–Crippen LogP) is 7.55. The molecule has 0 saturated carbocycles. The van der Waals surface area contributed by atoms with Crippen molar-refractivity contribution in [3.63, 3.8) is 0 Å². The Morgan fingerprint density at radius 3 is 2.14 bits per heavy atom. The smallest absolute Gasteiger partial charge is 0.169 e. The van der Waals surface area contributed by atoms with Gasteiger partial charge in [0.05, 0.1) is 0 Å². The van der Waals surface area contributed by atoms with Crippen LogP contribution in [-0.4, -0.2) is 4.98 Å². The van der Waals surface area contributed by atoms with Gasteiger partial charge in [-0.2, -0.15) is 0 Å². The molecule has 2 nitrogen and oxygen atoms in total. The van der Waals surface area contributed by atoms with E-state index >= 15 is 0 Å². The van der Waals surface area contributed by atoms with Crippen molar-refractivity contribution in [1.29, 1.82) is 0 Å². The van der Waals surface area contributed by atoms with Crippen LogP contribution in [0.1, 0.15) is 82.3 Å². The van der Waals surface area contributed by atoms with E-state index in [2.05, 4.69) is 83.6 Å². The van der Waals surface area contributed by atoms with E-state index in [4.69, 9.17) is 0 Å². The lowest BCUT2D eigenvalue weighted by Gasteiger charge is -2.01. The molecule has 154 valence electrons. The number of hydrogen-bond acceptors (Lipinski definition) is 0. The zero-order chi connectivity index (χ0) is 20.2. The molecular weight excluding hydrogens is 352 g/mol. The van der Waals surface area contributed by atoms with Crippen molar-refractivity contribution in [3.05, 3.63) is 66.1 Å². The van der Waals surface area contributed by atoms with E-state index in [1.54, 1.807) is 0 Å². The van der Waals surface area contributed by atoms with E-state index in [9.17, 15) is 0 Å². The van der Waals surface area contributed by atoms with Crippen LogP contribution in [0.15, 0.2) is 55.0 Å². The molecule has 0 bridgehead atoms. The van der Waals surface area contributed by atoms with Gasteiger partial charge in [-0.15, -0.1) is 0 Å². The molecule has 1 aromatic carbocycles. The molecule has 1 N–H and O–H groups in total. The van der Waals surface area contributed by atoms with Gasteiger partial charge in [-0.3, -0.25) is 0 Å². The first-order valence-electron chi connectivity index (χ1n) is 11.6. The zero-order valence-electron chi connectivity index (χ0n) is 18.1. The van der Waals surface area contributed by atoms with Crippen LogP contribution in [0, 0.1) is 0 Å². The molecule has 0 radical (unpaired) electrons. The molecule has 0 aliphatic heterocycles. The van der Waals surface area contributed by atoms with Crippen molar-refractivity contribution in [2.45, 2.75) is 77.7 Å². The number of fused-ring (bicyclic) bond motifs is 1. The molecule has 0 amide bonds. The summed E-state index contributed by atoms with van der Waals surface area (Å²) in [7, 11) is 0. The Bertz CT molecular complexity index is 858. The largest absolute Gasteiger partial charge is 0.361 e. The van der Waals surface area contributed by atoms with Crippen LogP contribution >= 0.6 is 0 Å². The van der Waals surface area contributed by atoms with Crippen LogP contribution in [0.5, 0.6) is 0 Å². The lowest BCUT2D eigenvalue weighted by atomic mass is 10.1. The number of unbranched alkanes of at least 4 members (excludes halogenated alkanes) is 9. The third-order valence-corrected chi connectivity index (χ3v) is 5.76. The second-order valence-electron chi connectivity index (χ2n) is 8.17. The fraction of sp³-hybridized carbons (Fsp3) is 0.444. The highest BCUT2D eigenvalue weighted by molar-refractivity contribution is 5.91. The minimum Gasteiger partial charge on any atom is -0.361 e. The molecule has 3 rings (SSSR count). The fourth-order valence-corrected chi connectivity index (χ4v) is 3.93. The van der Waals surface area contributed by atoms with E-state index in [1.807, 2.05) is 0 Å². The quantitative estimate of drug-likeness (QED) is 0.230. The molecule has 3 aromatic rings. The number of nitrogens with zero attached hydrogens (tertiary/aromatic N) is 1. The summed E-state index contributed by atoms with van der Waals surface area (Å²) in [5.74, 6) is 0. The van der Waals surface area contributed by atoms with Crippen LogP contribution in [-0.2, 0) is 6.54 Å². The second kappa shape index (κ2) is 12.3. The lowest BCUT2D eigenvalue weighted by molar-refractivity contribution is -0.697. The minimum absolute atomic E-state index is 1.13. The van der Waals surface area contributed by atoms with Crippen LogP contribution in [0.2, 0.25) is 0 Å². The maximum atomic E-state index is 3.33. The minimum atomic E-state index is 1.13. The number of aromatic nitrogens is 2. The molecule has 0 spiro atoms. The van der Waals surface area contributed by atoms with Gasteiger partial charge in [0.25, 0.3) is 0 Å². The van der Waals surface area contributed by atoms with Gasteiger partial charge in [0, 0.05) is 35.7 Å². The maximum absolute atomic E-state index is 3.33. The van der Waals surface area contributed by atoms with Crippen LogP contribution in [0.3, 0.4) is 0 Å². The van der Waals surface area contributed by atoms with Crippen molar-refractivity contribution in [3.8, 4) is 0 Å². The highest BCUT2D eigenvalue weighted by Crippen LogP contribution is 2.19. The second-order valence-corrected chi connectivity index (χ2v) is 8.17. The number of rotatable bonds is 13. The van der Waals surface area contributed by atoms with Crippen molar-refractivity contribution >= 4 is 23.1 Å². The summed E-state index contributed by atoms with van der Waals surface area (Å²) < 4.78 is 2.31. The fourth-order valence-electron chi connectivity index (χ4n) is 3.93. The van der Waals surface area contributed by atoms with Gasteiger partial charge in [0.1, 0.15) is 6.54 Å². The highest BCUT2D eigenvalue weighted by atomic mass is 14.9. The van der Waals surface area contributed by atoms with Crippen molar-refractivity contribution in [2.24, 2.45) is 0 Å². The molecule has 2 heteroatoms. The molecule has 2 heterocycles. The first-order valence-corrected chi connectivity index (χ1v) is 11.6. The van der Waals surface area contributed by atoms with Gasteiger partial charge in [-0.1, -0.05) is 88.6 Å². The summed E-state index contributed by atoms with van der Waals surface area (Å²) in [4.78, 5) is 3.33. The van der Waals surface area contributed by atoms with E-state index < -0.39 is 0 Å². The lowest BCUT2D eigenvalue weighted by Crippen LogP contribution is -2.32. The number of benzene rings is 1. The Labute approximate surface area is 176 Å². The third-order valence-electron chi connectivity index (χ3n) is 5.76. The Hall–Kier alpha value is -2.35. The summed E-state index contributed by atoms with van der Waals surface area (Å²) in [5, 5.41) is 1.27. The average molecular weight is 390 g/mol. The van der Waals surface area contributed by atoms with Gasteiger partial charge in [0.15, 0.2) is 12.4 Å². The van der Waals surface area contributed by atoms with Crippen LogP contribution in [0.4, 0.5) is 0 Å². The van der Waals surface area contributed by atoms with Crippen molar-refractivity contribution in [1.82, 2.24) is 4.98 Å². The number of nitrogens with one attached hydrogen (secondary N) is 1. The van der Waals surface area contributed by atoms with Crippen LogP contribution in [0.25, 0.3) is 23.1 Å². The zero-order valence-corrected chi connectivity index (χ0v) is 18.1. The first-order chi connectivity index (χ1) is 14.4. The maximum Gasteiger partial charge on any atom is 0.169 e. The molecule has 0 atom stereocenters. The number of hydrogen-bond donors (Lipinski definition) is 1. The van der Waals surface area contributed by atoms with Crippen molar-refractivity contribution < 1.29 is 4.57 Å². The summed E-state index contributed by atoms with van der Waals surface area (Å²) in [6, 6.07) is 12.9. The van der Waals surface area contributed by atoms with E-state index in [0.717, 1.165) is 6.54 Å². The van der Waals surface area contributed by atoms with Gasteiger partial charge >= 0.3 is 0 Å². The molecule has 2 aromatic heterocycles. The van der Waals surface area contributed by atoms with E-state index in [1.165, 1.54) is 86.2 Å². The molecule has 0 fully saturated rings. The number of pyridine rings is 1. The average Bonchev–Trinajstić information content (AvgIpc) is 3.17.